The van der Waals surface area contributed by atoms with E-state index in [2.05, 4.69) is 34.2 Å². The zero-order valence-electron chi connectivity index (χ0n) is 9.69. The molecule has 4 nitrogen and oxygen atoms in total. The van der Waals surface area contributed by atoms with Crippen LogP contribution in [0.5, 0.6) is 0 Å². The topological polar surface area (TPSA) is 41.9 Å². The molecule has 84 valence electrons. The van der Waals surface area contributed by atoms with Crippen LogP contribution in [0.1, 0.15) is 39.5 Å². The molecule has 15 heavy (non-hydrogen) atoms. The van der Waals surface area contributed by atoms with Gasteiger partial charge in [0.25, 0.3) is 0 Å². The van der Waals surface area contributed by atoms with Crippen molar-refractivity contribution in [2.45, 2.75) is 39.5 Å². The lowest BCUT2D eigenvalue weighted by atomic mass is 10.2. The Morgan fingerprint density at radius 2 is 1.53 bits per heavy atom. The maximum Gasteiger partial charge on any atom is 0.0777 e. The molecule has 0 aliphatic heterocycles. The number of aromatic nitrogens is 3. The van der Waals surface area contributed by atoms with E-state index in [1.54, 1.807) is 12.4 Å². The predicted octanol–water partition coefficient (Wildman–Crippen LogP) is 2.28. The minimum Gasteiger partial charge on any atom is -0.369 e. The highest BCUT2D eigenvalue weighted by Gasteiger charge is 2.05. The van der Waals surface area contributed by atoms with Crippen molar-refractivity contribution in [2.24, 2.45) is 0 Å². The summed E-state index contributed by atoms with van der Waals surface area (Å²) in [6, 6.07) is 0. The summed E-state index contributed by atoms with van der Waals surface area (Å²) in [5.41, 5.74) is 1.09. The number of nitrogens with zero attached hydrogens (tertiary/aromatic N) is 4. The largest absolute Gasteiger partial charge is 0.369 e. The van der Waals surface area contributed by atoms with Gasteiger partial charge in [0.1, 0.15) is 0 Å². The fraction of sp³-hybridized carbons (Fsp3) is 0.727. The zero-order valence-corrected chi connectivity index (χ0v) is 9.69. The first kappa shape index (κ1) is 11.9. The van der Waals surface area contributed by atoms with E-state index in [9.17, 15) is 0 Å². The number of unbranched alkanes of at least 4 members (excludes halogenated alkanes) is 2. The third kappa shape index (κ3) is 4.23. The standard InChI is InChI=1S/C11H20N4/c1-3-5-7-15(8-6-4-2)11-9-12-14-13-10-11/h9-10H,3-8H2,1-2H3. The Balaban J connectivity index is 2.55. The van der Waals surface area contributed by atoms with Gasteiger partial charge in [0.15, 0.2) is 0 Å². The van der Waals surface area contributed by atoms with Crippen molar-refractivity contribution in [3.63, 3.8) is 0 Å². The van der Waals surface area contributed by atoms with Crippen molar-refractivity contribution in [1.29, 1.82) is 0 Å². The predicted molar refractivity (Wildman–Crippen MR) is 61.9 cm³/mol. The second-order valence-electron chi connectivity index (χ2n) is 3.70. The average molecular weight is 208 g/mol. The molecule has 1 rings (SSSR count). The summed E-state index contributed by atoms with van der Waals surface area (Å²) >= 11 is 0. The van der Waals surface area contributed by atoms with Crippen LogP contribution >= 0.6 is 0 Å². The highest BCUT2D eigenvalue weighted by atomic mass is 15.3. The first-order valence-electron chi connectivity index (χ1n) is 5.76. The molecule has 0 atom stereocenters. The summed E-state index contributed by atoms with van der Waals surface area (Å²) in [6.07, 6.45) is 8.44. The molecule has 0 fully saturated rings. The third-order valence-corrected chi connectivity index (χ3v) is 2.41. The molecule has 0 spiro atoms. The van der Waals surface area contributed by atoms with E-state index in [1.807, 2.05) is 0 Å². The Labute approximate surface area is 91.7 Å². The third-order valence-electron chi connectivity index (χ3n) is 2.41. The Morgan fingerprint density at radius 3 is 2.00 bits per heavy atom. The number of rotatable bonds is 7. The van der Waals surface area contributed by atoms with Crippen molar-refractivity contribution in [3.05, 3.63) is 12.4 Å². The van der Waals surface area contributed by atoms with Gasteiger partial charge in [-0.3, -0.25) is 0 Å². The first-order chi connectivity index (χ1) is 7.38. The summed E-state index contributed by atoms with van der Waals surface area (Å²) in [6.45, 7) is 6.59. The molecule has 1 aromatic rings. The van der Waals surface area contributed by atoms with Crippen molar-refractivity contribution >= 4 is 5.69 Å². The van der Waals surface area contributed by atoms with Gasteiger partial charge < -0.3 is 4.90 Å². The molecular weight excluding hydrogens is 188 g/mol. The molecule has 0 aromatic carbocycles. The van der Waals surface area contributed by atoms with E-state index in [4.69, 9.17) is 0 Å². The molecule has 0 aliphatic carbocycles. The second-order valence-corrected chi connectivity index (χ2v) is 3.70. The van der Waals surface area contributed by atoms with Crippen molar-refractivity contribution in [2.75, 3.05) is 18.0 Å². The van der Waals surface area contributed by atoms with Gasteiger partial charge in [0.2, 0.25) is 0 Å². The summed E-state index contributed by atoms with van der Waals surface area (Å²) < 4.78 is 0. The van der Waals surface area contributed by atoms with Crippen LogP contribution in [0.4, 0.5) is 5.69 Å². The summed E-state index contributed by atoms with van der Waals surface area (Å²) in [4.78, 5) is 2.34. The Morgan fingerprint density at radius 1 is 1.00 bits per heavy atom. The number of anilines is 1. The molecule has 0 bridgehead atoms. The summed E-state index contributed by atoms with van der Waals surface area (Å²) in [5, 5.41) is 11.2. The average Bonchev–Trinajstić information content (AvgIpc) is 2.30. The van der Waals surface area contributed by atoms with Gasteiger partial charge in [0.05, 0.1) is 18.1 Å². The van der Waals surface area contributed by atoms with Crippen LogP contribution in [-0.4, -0.2) is 28.5 Å². The van der Waals surface area contributed by atoms with E-state index >= 15 is 0 Å². The van der Waals surface area contributed by atoms with Gasteiger partial charge >= 0.3 is 0 Å². The van der Waals surface area contributed by atoms with Crippen molar-refractivity contribution < 1.29 is 0 Å². The van der Waals surface area contributed by atoms with Gasteiger partial charge in [-0.15, -0.1) is 10.2 Å². The van der Waals surface area contributed by atoms with Crippen LogP contribution in [0.2, 0.25) is 0 Å². The molecule has 4 heteroatoms. The van der Waals surface area contributed by atoms with Crippen LogP contribution in [0.3, 0.4) is 0 Å². The lowest BCUT2D eigenvalue weighted by Crippen LogP contribution is -2.25. The van der Waals surface area contributed by atoms with Crippen molar-refractivity contribution in [3.8, 4) is 0 Å². The molecule has 0 N–H and O–H groups in total. The fourth-order valence-electron chi connectivity index (χ4n) is 1.46. The molecule has 0 radical (unpaired) electrons. The Kier molecular flexibility index (Phi) is 5.66. The van der Waals surface area contributed by atoms with Gasteiger partial charge in [-0.25, -0.2) is 0 Å². The van der Waals surface area contributed by atoms with Crippen LogP contribution in [-0.2, 0) is 0 Å². The highest BCUT2D eigenvalue weighted by Crippen LogP contribution is 2.11. The van der Waals surface area contributed by atoms with E-state index in [0.29, 0.717) is 0 Å². The Hall–Kier alpha value is -1.19. The first-order valence-corrected chi connectivity index (χ1v) is 5.76. The van der Waals surface area contributed by atoms with Gasteiger partial charge in [0, 0.05) is 13.1 Å². The molecule has 0 unspecified atom stereocenters. The van der Waals surface area contributed by atoms with Crippen LogP contribution < -0.4 is 4.90 Å². The smallest absolute Gasteiger partial charge is 0.0777 e. The monoisotopic (exact) mass is 208 g/mol. The van der Waals surface area contributed by atoms with Crippen LogP contribution in [0, 0.1) is 0 Å². The second kappa shape index (κ2) is 7.15. The molecule has 0 aliphatic rings. The molecule has 0 saturated carbocycles. The molecule has 0 amide bonds. The summed E-state index contributed by atoms with van der Waals surface area (Å²) in [5.74, 6) is 0. The molecule has 0 saturated heterocycles. The maximum atomic E-state index is 3.82. The maximum absolute atomic E-state index is 3.82. The van der Waals surface area contributed by atoms with E-state index in [1.165, 1.54) is 25.7 Å². The normalized spacial score (nSPS) is 10.3. The lowest BCUT2D eigenvalue weighted by molar-refractivity contribution is 0.672. The van der Waals surface area contributed by atoms with Gasteiger partial charge in [-0.05, 0) is 18.1 Å². The Bertz CT molecular complexity index is 242. The molecule has 1 aromatic heterocycles. The van der Waals surface area contributed by atoms with Gasteiger partial charge in [-0.1, -0.05) is 26.7 Å². The van der Waals surface area contributed by atoms with Crippen LogP contribution in [0.25, 0.3) is 0 Å². The van der Waals surface area contributed by atoms with E-state index in [-0.39, 0.29) is 0 Å². The highest BCUT2D eigenvalue weighted by molar-refractivity contribution is 5.40. The zero-order chi connectivity index (χ0) is 10.9. The minimum absolute atomic E-state index is 1.09. The fourth-order valence-corrected chi connectivity index (χ4v) is 1.46. The summed E-state index contributed by atoms with van der Waals surface area (Å²) in [7, 11) is 0. The van der Waals surface area contributed by atoms with Gasteiger partial charge in [-0.2, -0.15) is 0 Å². The van der Waals surface area contributed by atoms with Crippen molar-refractivity contribution in [1.82, 2.24) is 15.4 Å². The van der Waals surface area contributed by atoms with E-state index < -0.39 is 0 Å². The number of hydrogen-bond acceptors (Lipinski definition) is 4. The SMILES string of the molecule is CCCCN(CCCC)c1cnnnc1. The quantitative estimate of drug-likeness (QED) is 0.689. The minimum atomic E-state index is 1.09. The molecular formula is C11H20N4. The van der Waals surface area contributed by atoms with Crippen LogP contribution in [0.15, 0.2) is 12.4 Å². The molecule has 1 heterocycles. The number of hydrogen-bond donors (Lipinski definition) is 0. The lowest BCUT2D eigenvalue weighted by Gasteiger charge is -2.23. The van der Waals surface area contributed by atoms with E-state index in [0.717, 1.165) is 18.8 Å².